The molecule has 2 heterocycles. The number of benzene rings is 1. The fraction of sp³-hybridized carbons (Fsp3) is 0.381. The van der Waals surface area contributed by atoms with E-state index in [1.807, 2.05) is 0 Å². The summed E-state index contributed by atoms with van der Waals surface area (Å²) in [5.41, 5.74) is -3.12. The van der Waals surface area contributed by atoms with E-state index in [0.717, 1.165) is 13.0 Å². The van der Waals surface area contributed by atoms with Gasteiger partial charge in [-0.2, -0.15) is 0 Å². The van der Waals surface area contributed by atoms with E-state index in [9.17, 15) is 18.4 Å². The topological polar surface area (TPSA) is 101 Å². The molecule has 0 spiro atoms. The molecule has 0 radical (unpaired) electrons. The Morgan fingerprint density at radius 3 is 2.70 bits per heavy atom. The fourth-order valence-electron chi connectivity index (χ4n) is 3.30. The van der Waals surface area contributed by atoms with Gasteiger partial charge in [0, 0.05) is 42.5 Å². The van der Waals surface area contributed by atoms with Crippen molar-refractivity contribution in [3.05, 3.63) is 46.6 Å². The van der Waals surface area contributed by atoms with Gasteiger partial charge in [-0.1, -0.05) is 0 Å². The van der Waals surface area contributed by atoms with Gasteiger partial charge in [0.25, 0.3) is 5.91 Å². The number of carboxylic acid groups (broad SMARTS) is 1. The lowest BCUT2D eigenvalue weighted by Crippen LogP contribution is -2.23. The van der Waals surface area contributed by atoms with Crippen molar-refractivity contribution in [3.63, 3.8) is 0 Å². The van der Waals surface area contributed by atoms with Gasteiger partial charge >= 0.3 is 11.5 Å². The molecular formula is C21H21BrClF2N3O5. The summed E-state index contributed by atoms with van der Waals surface area (Å²) in [4.78, 5) is 29.6. The van der Waals surface area contributed by atoms with Crippen LogP contribution in [0.2, 0.25) is 0 Å². The number of pyridine rings is 1. The highest BCUT2D eigenvalue weighted by atomic mass is 79.9. The highest BCUT2D eigenvalue weighted by Gasteiger charge is 2.28. The Balaban J connectivity index is 1.54. The average Bonchev–Trinajstić information content (AvgIpc) is 3.20. The van der Waals surface area contributed by atoms with Crippen LogP contribution in [0.4, 0.5) is 20.3 Å². The normalized spacial score (nSPS) is 16.0. The van der Waals surface area contributed by atoms with Gasteiger partial charge in [-0.3, -0.25) is 9.59 Å². The van der Waals surface area contributed by atoms with Gasteiger partial charge in [0.05, 0.1) is 29.7 Å². The first-order valence-electron chi connectivity index (χ1n) is 9.98. The summed E-state index contributed by atoms with van der Waals surface area (Å²) in [7, 11) is 0. The first-order valence-corrected chi connectivity index (χ1v) is 11.1. The lowest BCUT2D eigenvalue weighted by molar-refractivity contribution is -0.138. The van der Waals surface area contributed by atoms with Crippen LogP contribution in [0.1, 0.15) is 23.2 Å². The van der Waals surface area contributed by atoms with Crippen LogP contribution in [0, 0.1) is 5.92 Å². The zero-order chi connectivity index (χ0) is 24.0. The van der Waals surface area contributed by atoms with E-state index in [4.69, 9.17) is 21.4 Å². The Hall–Kier alpha value is -2.50. The molecule has 0 bridgehead atoms. The molecule has 1 aliphatic heterocycles. The molecule has 1 aromatic heterocycles. The maximum Gasteiger partial charge on any atom is 0.487 e. The van der Waals surface area contributed by atoms with E-state index in [-0.39, 0.29) is 24.7 Å². The summed E-state index contributed by atoms with van der Waals surface area (Å²) < 4.78 is 35.7. The smallest absolute Gasteiger partial charge is 0.481 e. The number of amides is 1. The van der Waals surface area contributed by atoms with Crippen LogP contribution in [-0.4, -0.2) is 53.8 Å². The van der Waals surface area contributed by atoms with Crippen molar-refractivity contribution in [1.29, 1.82) is 0 Å². The summed E-state index contributed by atoms with van der Waals surface area (Å²) in [6, 6.07) is 7.00. The third kappa shape index (κ3) is 7.79. The third-order valence-corrected chi connectivity index (χ3v) is 5.49. The standard InChI is InChI=1S/C21H21BrClF2N3O5/c22-17-9-14(20(31)27-15-1-3-16(4-2-15)33-21(23,24)25)10-26-19(17)28-7-5-13(11-28)12-32-8-6-18(29)30/h1-4,9-10,13H,5-8,11-12H2,(H,27,31)(H,29,30)/t13-/m0/s1. The molecule has 1 amide bonds. The number of aromatic nitrogens is 1. The quantitative estimate of drug-likeness (QED) is 0.331. The second kappa shape index (κ2) is 11.1. The number of carbonyl (C=O) groups excluding carboxylic acids is 1. The summed E-state index contributed by atoms with van der Waals surface area (Å²) >= 11 is 8.19. The van der Waals surface area contributed by atoms with Crippen molar-refractivity contribution in [2.75, 3.05) is 36.5 Å². The Bertz CT molecular complexity index is 991. The van der Waals surface area contributed by atoms with Gasteiger partial charge in [0.1, 0.15) is 11.6 Å². The van der Waals surface area contributed by atoms with Crippen LogP contribution in [0.3, 0.4) is 0 Å². The van der Waals surface area contributed by atoms with E-state index in [1.54, 1.807) is 6.07 Å². The van der Waals surface area contributed by atoms with Gasteiger partial charge in [0.15, 0.2) is 0 Å². The first-order chi connectivity index (χ1) is 15.6. The molecule has 1 atom stereocenters. The number of nitrogens with one attached hydrogen (secondary N) is 1. The minimum absolute atomic E-state index is 0.0195. The maximum absolute atomic E-state index is 12.7. The maximum atomic E-state index is 12.7. The number of carbonyl (C=O) groups is 2. The molecule has 33 heavy (non-hydrogen) atoms. The number of rotatable bonds is 10. The second-order valence-electron chi connectivity index (χ2n) is 7.38. The Labute approximate surface area is 202 Å². The van der Waals surface area contributed by atoms with E-state index in [1.165, 1.54) is 30.5 Å². The number of anilines is 2. The lowest BCUT2D eigenvalue weighted by Gasteiger charge is -2.19. The second-order valence-corrected chi connectivity index (χ2v) is 8.67. The number of aliphatic carboxylic acids is 1. The average molecular weight is 549 g/mol. The van der Waals surface area contributed by atoms with Crippen molar-refractivity contribution in [2.45, 2.75) is 18.4 Å². The minimum atomic E-state index is -3.81. The van der Waals surface area contributed by atoms with Crippen LogP contribution in [0.5, 0.6) is 5.75 Å². The van der Waals surface area contributed by atoms with Crippen LogP contribution >= 0.6 is 27.5 Å². The van der Waals surface area contributed by atoms with E-state index in [0.29, 0.717) is 34.7 Å². The molecule has 0 saturated carbocycles. The van der Waals surface area contributed by atoms with Gasteiger partial charge < -0.3 is 24.8 Å². The summed E-state index contributed by atoms with van der Waals surface area (Å²) in [5, 5.41) is 11.3. The van der Waals surface area contributed by atoms with Gasteiger partial charge in [0.2, 0.25) is 0 Å². The van der Waals surface area contributed by atoms with Gasteiger partial charge in [-0.25, -0.2) is 4.98 Å². The van der Waals surface area contributed by atoms with Crippen molar-refractivity contribution < 1.29 is 33.0 Å². The van der Waals surface area contributed by atoms with Gasteiger partial charge in [-0.05, 0) is 52.7 Å². The number of nitrogens with zero attached hydrogens (tertiary/aromatic N) is 2. The third-order valence-electron chi connectivity index (χ3n) is 4.83. The molecule has 1 fully saturated rings. The molecule has 1 saturated heterocycles. The zero-order valence-corrected chi connectivity index (χ0v) is 19.6. The molecule has 2 aromatic rings. The number of halogens is 4. The van der Waals surface area contributed by atoms with E-state index >= 15 is 0 Å². The van der Waals surface area contributed by atoms with Gasteiger partial charge in [-0.15, -0.1) is 8.78 Å². The molecule has 12 heteroatoms. The largest absolute Gasteiger partial charge is 0.487 e. The monoisotopic (exact) mass is 547 g/mol. The fourth-order valence-corrected chi connectivity index (χ4v) is 3.99. The lowest BCUT2D eigenvalue weighted by atomic mass is 10.1. The molecule has 1 aromatic carbocycles. The van der Waals surface area contributed by atoms with E-state index < -0.39 is 17.4 Å². The van der Waals surface area contributed by atoms with Crippen molar-refractivity contribution in [2.24, 2.45) is 5.92 Å². The predicted octanol–water partition coefficient (Wildman–Crippen LogP) is 4.58. The molecule has 178 valence electrons. The SMILES string of the molecule is O=C(O)CCOC[C@H]1CCN(c2ncc(C(=O)Nc3ccc(OC(F)(F)Cl)cc3)cc2Br)C1. The molecule has 0 unspecified atom stereocenters. The van der Waals surface area contributed by atoms with Crippen LogP contribution in [0.15, 0.2) is 41.0 Å². The van der Waals surface area contributed by atoms with Crippen molar-refractivity contribution in [1.82, 2.24) is 4.98 Å². The Morgan fingerprint density at radius 1 is 1.33 bits per heavy atom. The number of alkyl halides is 3. The molecule has 3 rings (SSSR count). The minimum Gasteiger partial charge on any atom is -0.481 e. The molecule has 0 aliphatic carbocycles. The zero-order valence-electron chi connectivity index (χ0n) is 17.3. The highest BCUT2D eigenvalue weighted by Crippen LogP contribution is 2.30. The number of hydrogen-bond donors (Lipinski definition) is 2. The predicted molar refractivity (Wildman–Crippen MR) is 121 cm³/mol. The Kier molecular flexibility index (Phi) is 8.44. The summed E-state index contributed by atoms with van der Waals surface area (Å²) in [6.07, 6.45) is 2.32. The molecule has 8 nitrogen and oxygen atoms in total. The molecule has 1 aliphatic rings. The summed E-state index contributed by atoms with van der Waals surface area (Å²) in [5.74, 6) is -0.484. The summed E-state index contributed by atoms with van der Waals surface area (Å²) in [6.45, 7) is 2.14. The highest BCUT2D eigenvalue weighted by molar-refractivity contribution is 9.10. The first kappa shape index (κ1) is 25.1. The van der Waals surface area contributed by atoms with Crippen molar-refractivity contribution >= 4 is 50.9 Å². The van der Waals surface area contributed by atoms with Crippen LogP contribution < -0.4 is 15.0 Å². The van der Waals surface area contributed by atoms with E-state index in [2.05, 4.69) is 35.9 Å². The number of ether oxygens (including phenoxy) is 2. The number of hydrogen-bond acceptors (Lipinski definition) is 6. The van der Waals surface area contributed by atoms with Crippen LogP contribution in [0.25, 0.3) is 0 Å². The Morgan fingerprint density at radius 2 is 2.06 bits per heavy atom. The van der Waals surface area contributed by atoms with Crippen molar-refractivity contribution in [3.8, 4) is 5.75 Å². The van der Waals surface area contributed by atoms with Crippen LogP contribution in [-0.2, 0) is 9.53 Å². The molecular weight excluding hydrogens is 528 g/mol. The molecule has 2 N–H and O–H groups in total. The number of carboxylic acids is 1.